The number of ether oxygens (including phenoxy) is 1. The molecule has 0 spiro atoms. The average molecular weight is 361 g/mol. The van der Waals surface area contributed by atoms with Gasteiger partial charge >= 0.3 is 6.09 Å². The molecule has 2 aliphatic rings. The lowest BCUT2D eigenvalue weighted by Crippen LogP contribution is -2.33. The average Bonchev–Trinajstić information content (AvgIpc) is 3.26. The lowest BCUT2D eigenvalue weighted by Gasteiger charge is -2.17. The van der Waals surface area contributed by atoms with E-state index >= 15 is 0 Å². The predicted molar refractivity (Wildman–Crippen MR) is 93.8 cm³/mol. The fourth-order valence-corrected chi connectivity index (χ4v) is 3.38. The molecule has 2 fully saturated rings. The van der Waals surface area contributed by atoms with E-state index in [0.717, 1.165) is 17.7 Å². The lowest BCUT2D eigenvalue weighted by atomic mass is 9.98. The summed E-state index contributed by atoms with van der Waals surface area (Å²) in [5.41, 5.74) is 1.84. The van der Waals surface area contributed by atoms with Gasteiger partial charge in [0.1, 0.15) is 12.7 Å². The van der Waals surface area contributed by atoms with Crippen molar-refractivity contribution < 1.29 is 24.2 Å². The van der Waals surface area contributed by atoms with Crippen molar-refractivity contribution in [2.45, 2.75) is 25.4 Å². The van der Waals surface area contributed by atoms with E-state index in [1.165, 1.54) is 6.92 Å². The molecule has 8 nitrogen and oxygen atoms in total. The van der Waals surface area contributed by atoms with Gasteiger partial charge in [-0.2, -0.15) is 0 Å². The van der Waals surface area contributed by atoms with E-state index in [0.29, 0.717) is 26.2 Å². The van der Waals surface area contributed by atoms with Gasteiger partial charge in [-0.15, -0.1) is 0 Å². The van der Waals surface area contributed by atoms with Crippen LogP contribution in [0.1, 0.15) is 24.8 Å². The van der Waals surface area contributed by atoms with Gasteiger partial charge in [0.15, 0.2) is 0 Å². The normalized spacial score (nSPS) is 22.5. The third-order valence-corrected chi connectivity index (χ3v) is 4.81. The number of hydrogen-bond acceptors (Lipinski definition) is 5. The molecule has 8 heteroatoms. The second-order valence-electron chi connectivity index (χ2n) is 6.63. The second kappa shape index (κ2) is 7.74. The molecule has 1 unspecified atom stereocenters. The molecule has 0 saturated carbocycles. The molecule has 3 amide bonds. The number of nitrogens with zero attached hydrogens (tertiary/aromatic N) is 2. The number of likely N-dealkylation sites (tertiary alicyclic amines) is 1. The zero-order valence-corrected chi connectivity index (χ0v) is 14.7. The minimum absolute atomic E-state index is 0.158. The summed E-state index contributed by atoms with van der Waals surface area (Å²) in [7, 11) is 0. The number of carbonyl (C=O) groups excluding carboxylic acids is 3. The first-order valence-electron chi connectivity index (χ1n) is 8.69. The predicted octanol–water partition coefficient (Wildman–Crippen LogP) is 0.456. The Morgan fingerprint density at radius 2 is 2.00 bits per heavy atom. The van der Waals surface area contributed by atoms with Crippen molar-refractivity contribution in [2.24, 2.45) is 0 Å². The molecule has 1 aromatic carbocycles. The summed E-state index contributed by atoms with van der Waals surface area (Å²) < 4.78 is 5.27. The van der Waals surface area contributed by atoms with E-state index in [9.17, 15) is 14.4 Å². The Balaban J connectivity index is 1.60. The minimum Gasteiger partial charge on any atom is -0.442 e. The molecule has 2 saturated heterocycles. The zero-order chi connectivity index (χ0) is 18.7. The maximum atomic E-state index is 12.0. The highest BCUT2D eigenvalue weighted by atomic mass is 16.6. The number of nitrogens with one attached hydrogen (secondary N) is 1. The van der Waals surface area contributed by atoms with Crippen molar-refractivity contribution in [3.8, 4) is 0 Å². The summed E-state index contributed by atoms with van der Waals surface area (Å²) in [6.45, 7) is 2.90. The molecule has 0 aromatic heterocycles. The molecule has 2 atom stereocenters. The zero-order valence-electron chi connectivity index (χ0n) is 14.7. The monoisotopic (exact) mass is 361 g/mol. The Hall–Kier alpha value is -2.61. The van der Waals surface area contributed by atoms with Gasteiger partial charge in [-0.25, -0.2) is 4.79 Å². The first kappa shape index (κ1) is 18.2. The van der Waals surface area contributed by atoms with Crippen LogP contribution in [0.3, 0.4) is 0 Å². The van der Waals surface area contributed by atoms with Crippen molar-refractivity contribution >= 4 is 23.6 Å². The smallest absolute Gasteiger partial charge is 0.414 e. The van der Waals surface area contributed by atoms with E-state index in [4.69, 9.17) is 9.84 Å². The molecule has 2 N–H and O–H groups in total. The number of hydrogen-bond donors (Lipinski definition) is 2. The maximum absolute atomic E-state index is 12.0. The van der Waals surface area contributed by atoms with Gasteiger partial charge in [0.25, 0.3) is 0 Å². The maximum Gasteiger partial charge on any atom is 0.414 e. The van der Waals surface area contributed by atoms with E-state index in [1.807, 2.05) is 24.3 Å². The number of anilines is 1. The number of benzene rings is 1. The molecule has 0 aliphatic carbocycles. The Morgan fingerprint density at radius 1 is 1.27 bits per heavy atom. The quantitative estimate of drug-likeness (QED) is 0.794. The fraction of sp³-hybridized carbons (Fsp3) is 0.500. The first-order valence-corrected chi connectivity index (χ1v) is 8.69. The Morgan fingerprint density at radius 3 is 2.65 bits per heavy atom. The molecule has 1 aromatic rings. The van der Waals surface area contributed by atoms with Crippen LogP contribution < -0.4 is 10.2 Å². The third kappa shape index (κ3) is 3.96. The highest BCUT2D eigenvalue weighted by molar-refractivity contribution is 5.89. The van der Waals surface area contributed by atoms with Crippen LogP contribution in [-0.2, 0) is 14.3 Å². The number of aliphatic hydroxyl groups is 1. The molecule has 0 bridgehead atoms. The minimum atomic E-state index is -0.456. The van der Waals surface area contributed by atoms with Crippen LogP contribution in [0.2, 0.25) is 0 Å². The van der Waals surface area contributed by atoms with Crippen LogP contribution in [-0.4, -0.2) is 66.8 Å². The number of rotatable bonds is 5. The van der Waals surface area contributed by atoms with Gasteiger partial charge in [0.2, 0.25) is 11.8 Å². The largest absolute Gasteiger partial charge is 0.442 e. The van der Waals surface area contributed by atoms with E-state index < -0.39 is 12.7 Å². The van der Waals surface area contributed by atoms with Crippen molar-refractivity contribution in [3.05, 3.63) is 29.8 Å². The summed E-state index contributed by atoms with van der Waals surface area (Å²) in [6.07, 6.45) is 0.0722. The SMILES string of the molecule is CC(=O)NC[C@H]1CN(c2ccc(C3CCN(C(=O)CO)C3)cc2)C(=O)O1. The highest BCUT2D eigenvalue weighted by Crippen LogP contribution is 2.29. The number of amides is 3. The molecule has 140 valence electrons. The summed E-state index contributed by atoms with van der Waals surface area (Å²) >= 11 is 0. The van der Waals surface area contributed by atoms with Gasteiger partial charge < -0.3 is 20.1 Å². The van der Waals surface area contributed by atoms with Gasteiger partial charge in [-0.1, -0.05) is 12.1 Å². The van der Waals surface area contributed by atoms with Crippen molar-refractivity contribution in [2.75, 3.05) is 37.7 Å². The highest BCUT2D eigenvalue weighted by Gasteiger charge is 2.32. The molecule has 0 radical (unpaired) electrons. The Labute approximate surface area is 151 Å². The fourth-order valence-electron chi connectivity index (χ4n) is 3.38. The summed E-state index contributed by atoms with van der Waals surface area (Å²) in [6, 6.07) is 7.66. The Bertz CT molecular complexity index is 691. The van der Waals surface area contributed by atoms with Gasteiger partial charge in [-0.3, -0.25) is 14.5 Å². The van der Waals surface area contributed by atoms with Gasteiger partial charge in [0.05, 0.1) is 13.1 Å². The van der Waals surface area contributed by atoms with E-state index in [1.54, 1.807) is 9.80 Å². The Kier molecular flexibility index (Phi) is 5.41. The third-order valence-electron chi connectivity index (χ3n) is 4.81. The summed E-state index contributed by atoms with van der Waals surface area (Å²) in [5, 5.41) is 11.6. The molecular weight excluding hydrogens is 338 g/mol. The first-order chi connectivity index (χ1) is 12.5. The van der Waals surface area contributed by atoms with Crippen molar-refractivity contribution in [1.29, 1.82) is 0 Å². The van der Waals surface area contributed by atoms with Crippen LogP contribution in [0, 0.1) is 0 Å². The van der Waals surface area contributed by atoms with Crippen molar-refractivity contribution in [3.63, 3.8) is 0 Å². The lowest BCUT2D eigenvalue weighted by molar-refractivity contribution is -0.133. The molecule has 26 heavy (non-hydrogen) atoms. The van der Waals surface area contributed by atoms with Crippen molar-refractivity contribution in [1.82, 2.24) is 10.2 Å². The molecule has 2 aliphatic heterocycles. The van der Waals surface area contributed by atoms with Crippen LogP contribution in [0.25, 0.3) is 0 Å². The van der Waals surface area contributed by atoms with E-state index in [2.05, 4.69) is 5.32 Å². The van der Waals surface area contributed by atoms with Crippen LogP contribution in [0.5, 0.6) is 0 Å². The van der Waals surface area contributed by atoms with Crippen LogP contribution in [0.15, 0.2) is 24.3 Å². The second-order valence-corrected chi connectivity index (χ2v) is 6.63. The van der Waals surface area contributed by atoms with Gasteiger partial charge in [-0.05, 0) is 24.1 Å². The molecule has 3 rings (SSSR count). The molecular formula is C18H23N3O5. The van der Waals surface area contributed by atoms with Gasteiger partial charge in [0, 0.05) is 31.6 Å². The summed E-state index contributed by atoms with van der Waals surface area (Å²) in [4.78, 5) is 37.8. The number of cyclic esters (lactones) is 1. The standard InChI is InChI=1S/C18H23N3O5/c1-12(23)19-8-16-10-21(18(25)26-16)15-4-2-13(3-5-15)14-6-7-20(9-14)17(24)11-22/h2-5,14,16,22H,6-11H2,1H3,(H,19,23)/t14?,16-/m0/s1. The number of carbonyl (C=O) groups is 3. The topological polar surface area (TPSA) is 99.2 Å². The molecule has 2 heterocycles. The number of aliphatic hydroxyl groups excluding tert-OH is 1. The van der Waals surface area contributed by atoms with Crippen LogP contribution in [0.4, 0.5) is 10.5 Å². The van der Waals surface area contributed by atoms with E-state index in [-0.39, 0.29) is 23.8 Å². The van der Waals surface area contributed by atoms with Crippen LogP contribution >= 0.6 is 0 Å². The summed E-state index contributed by atoms with van der Waals surface area (Å²) in [5.74, 6) is -0.166.